The number of thiophene rings is 2. The Morgan fingerprint density at radius 3 is 2.74 bits per heavy atom. The van der Waals surface area contributed by atoms with Crippen LogP contribution in [0.3, 0.4) is 0 Å². The first kappa shape index (κ1) is 15.3. The standard InChI is InChI=1S/C13H15BrClNOS2/c1-3-4-16-12(10-5-8(17-2)7-18-10)11-6-9(15)13(14)19-11/h5-7,12,16H,3-4H2,1-2H3. The summed E-state index contributed by atoms with van der Waals surface area (Å²) in [5.41, 5.74) is 0. The molecule has 19 heavy (non-hydrogen) atoms. The Bertz CT molecular complexity index is 521. The molecule has 0 bridgehead atoms. The highest BCUT2D eigenvalue weighted by Gasteiger charge is 2.19. The van der Waals surface area contributed by atoms with Gasteiger partial charge in [-0.15, -0.1) is 22.7 Å². The van der Waals surface area contributed by atoms with Crippen molar-refractivity contribution in [1.29, 1.82) is 0 Å². The lowest BCUT2D eigenvalue weighted by molar-refractivity contribution is 0.416. The lowest BCUT2D eigenvalue weighted by Crippen LogP contribution is -2.21. The predicted octanol–water partition coefficient (Wildman–Crippen LogP) is 5.32. The molecule has 0 aliphatic carbocycles. The van der Waals surface area contributed by atoms with Crippen molar-refractivity contribution >= 4 is 50.2 Å². The number of rotatable bonds is 6. The number of halogens is 2. The molecule has 1 atom stereocenters. The fourth-order valence-corrected chi connectivity index (χ4v) is 4.59. The molecule has 2 aromatic heterocycles. The summed E-state index contributed by atoms with van der Waals surface area (Å²) in [6.45, 7) is 3.13. The van der Waals surface area contributed by atoms with Crippen LogP contribution in [0.25, 0.3) is 0 Å². The molecular formula is C13H15BrClNOS2. The third kappa shape index (κ3) is 3.73. The summed E-state index contributed by atoms with van der Waals surface area (Å²) in [6, 6.07) is 4.29. The van der Waals surface area contributed by atoms with Gasteiger partial charge in [-0.1, -0.05) is 18.5 Å². The molecule has 0 saturated carbocycles. The van der Waals surface area contributed by atoms with Gasteiger partial charge in [-0.05, 0) is 41.0 Å². The monoisotopic (exact) mass is 379 g/mol. The van der Waals surface area contributed by atoms with E-state index in [1.165, 1.54) is 9.75 Å². The van der Waals surface area contributed by atoms with Gasteiger partial charge in [-0.3, -0.25) is 0 Å². The normalized spacial score (nSPS) is 12.6. The summed E-state index contributed by atoms with van der Waals surface area (Å²) < 4.78 is 6.25. The molecule has 2 aromatic rings. The minimum absolute atomic E-state index is 0.183. The molecule has 0 saturated heterocycles. The third-order valence-corrected chi connectivity index (χ3v) is 6.18. The Morgan fingerprint density at radius 2 is 2.21 bits per heavy atom. The van der Waals surface area contributed by atoms with Gasteiger partial charge in [0, 0.05) is 15.1 Å². The van der Waals surface area contributed by atoms with Gasteiger partial charge in [-0.2, -0.15) is 0 Å². The second-order valence-electron chi connectivity index (χ2n) is 4.05. The summed E-state index contributed by atoms with van der Waals surface area (Å²) in [4.78, 5) is 2.46. The second kappa shape index (κ2) is 7.09. The van der Waals surface area contributed by atoms with Gasteiger partial charge >= 0.3 is 0 Å². The van der Waals surface area contributed by atoms with E-state index in [0.29, 0.717) is 0 Å². The molecule has 2 rings (SSSR count). The molecule has 6 heteroatoms. The highest BCUT2D eigenvalue weighted by molar-refractivity contribution is 9.11. The molecule has 2 nitrogen and oxygen atoms in total. The molecule has 0 aliphatic rings. The van der Waals surface area contributed by atoms with Crippen LogP contribution in [0.1, 0.15) is 29.1 Å². The van der Waals surface area contributed by atoms with E-state index in [1.54, 1.807) is 29.8 Å². The van der Waals surface area contributed by atoms with Gasteiger partial charge in [-0.25, -0.2) is 0 Å². The van der Waals surface area contributed by atoms with Crippen molar-refractivity contribution in [2.24, 2.45) is 0 Å². The fraction of sp³-hybridized carbons (Fsp3) is 0.385. The first-order valence-corrected chi connectivity index (χ1v) is 8.83. The molecule has 2 heterocycles. The first-order valence-electron chi connectivity index (χ1n) is 5.96. The van der Waals surface area contributed by atoms with E-state index in [-0.39, 0.29) is 6.04 Å². The second-order valence-corrected chi connectivity index (χ2v) is 7.80. The Balaban J connectivity index is 2.29. The van der Waals surface area contributed by atoms with Gasteiger partial charge in [0.15, 0.2) is 0 Å². The first-order chi connectivity index (χ1) is 9.15. The minimum atomic E-state index is 0.183. The van der Waals surface area contributed by atoms with Gasteiger partial charge in [0.1, 0.15) is 5.75 Å². The van der Waals surface area contributed by atoms with E-state index >= 15 is 0 Å². The SMILES string of the molecule is CCCNC(c1cc(OC)cs1)c1cc(Cl)c(Br)s1. The van der Waals surface area contributed by atoms with Crippen LogP contribution >= 0.6 is 50.2 Å². The maximum absolute atomic E-state index is 6.14. The maximum Gasteiger partial charge on any atom is 0.129 e. The van der Waals surface area contributed by atoms with Crippen LogP contribution in [0.5, 0.6) is 5.75 Å². The van der Waals surface area contributed by atoms with E-state index in [9.17, 15) is 0 Å². The van der Waals surface area contributed by atoms with E-state index in [4.69, 9.17) is 16.3 Å². The topological polar surface area (TPSA) is 21.3 Å². The van der Waals surface area contributed by atoms with Crippen LogP contribution in [0.4, 0.5) is 0 Å². The summed E-state index contributed by atoms with van der Waals surface area (Å²) in [5, 5.41) is 6.36. The average molecular weight is 381 g/mol. The smallest absolute Gasteiger partial charge is 0.129 e. The van der Waals surface area contributed by atoms with Crippen LogP contribution in [0.15, 0.2) is 21.3 Å². The van der Waals surface area contributed by atoms with E-state index in [0.717, 1.165) is 27.5 Å². The number of methoxy groups -OCH3 is 1. The highest BCUT2D eigenvalue weighted by Crippen LogP contribution is 2.39. The summed E-state index contributed by atoms with van der Waals surface area (Å²) >= 11 is 13.0. The van der Waals surface area contributed by atoms with Crippen molar-refractivity contribution in [3.63, 3.8) is 0 Å². The molecule has 0 radical (unpaired) electrons. The van der Waals surface area contributed by atoms with Crippen molar-refractivity contribution in [2.45, 2.75) is 19.4 Å². The molecule has 104 valence electrons. The van der Waals surface area contributed by atoms with Gasteiger partial charge in [0.25, 0.3) is 0 Å². The van der Waals surface area contributed by atoms with Crippen molar-refractivity contribution in [3.05, 3.63) is 36.1 Å². The van der Waals surface area contributed by atoms with Crippen LogP contribution in [0.2, 0.25) is 5.02 Å². The Morgan fingerprint density at radius 1 is 1.42 bits per heavy atom. The Hall–Kier alpha value is -0.0700. The fourth-order valence-electron chi connectivity index (χ4n) is 1.73. The minimum Gasteiger partial charge on any atom is -0.496 e. The number of ether oxygens (including phenoxy) is 1. The van der Waals surface area contributed by atoms with Crippen LogP contribution in [-0.4, -0.2) is 13.7 Å². The van der Waals surface area contributed by atoms with Crippen molar-refractivity contribution in [1.82, 2.24) is 5.32 Å². The van der Waals surface area contributed by atoms with Crippen LogP contribution in [0, 0.1) is 0 Å². The van der Waals surface area contributed by atoms with Crippen LogP contribution < -0.4 is 10.1 Å². The molecule has 0 amide bonds. The van der Waals surface area contributed by atoms with E-state index in [2.05, 4.69) is 34.2 Å². The molecule has 1 unspecified atom stereocenters. The highest BCUT2D eigenvalue weighted by atomic mass is 79.9. The van der Waals surface area contributed by atoms with Gasteiger partial charge < -0.3 is 10.1 Å². The number of hydrogen-bond acceptors (Lipinski definition) is 4. The number of nitrogens with one attached hydrogen (secondary N) is 1. The van der Waals surface area contributed by atoms with E-state index in [1.807, 2.05) is 11.4 Å². The van der Waals surface area contributed by atoms with Gasteiger partial charge in [0.05, 0.1) is 22.0 Å². The zero-order valence-electron chi connectivity index (χ0n) is 10.7. The molecule has 0 aromatic carbocycles. The predicted molar refractivity (Wildman–Crippen MR) is 88.0 cm³/mol. The Labute approximate surface area is 134 Å². The van der Waals surface area contributed by atoms with E-state index < -0.39 is 0 Å². The molecule has 0 aliphatic heterocycles. The average Bonchev–Trinajstić information content (AvgIpc) is 2.98. The molecule has 0 fully saturated rings. The largest absolute Gasteiger partial charge is 0.496 e. The lowest BCUT2D eigenvalue weighted by Gasteiger charge is -2.15. The summed E-state index contributed by atoms with van der Waals surface area (Å²) in [5.74, 6) is 0.907. The van der Waals surface area contributed by atoms with Crippen molar-refractivity contribution < 1.29 is 4.74 Å². The Kier molecular flexibility index (Phi) is 5.71. The van der Waals surface area contributed by atoms with Crippen molar-refractivity contribution in [2.75, 3.05) is 13.7 Å². The van der Waals surface area contributed by atoms with Gasteiger partial charge in [0.2, 0.25) is 0 Å². The van der Waals surface area contributed by atoms with Crippen LogP contribution in [-0.2, 0) is 0 Å². The van der Waals surface area contributed by atoms with Crippen molar-refractivity contribution in [3.8, 4) is 5.75 Å². The molecular weight excluding hydrogens is 366 g/mol. The zero-order chi connectivity index (χ0) is 13.8. The summed E-state index contributed by atoms with van der Waals surface area (Å²) in [7, 11) is 1.69. The quantitative estimate of drug-likeness (QED) is 0.732. The summed E-state index contributed by atoms with van der Waals surface area (Å²) in [6.07, 6.45) is 1.10. The maximum atomic E-state index is 6.14. The molecule has 1 N–H and O–H groups in total. The third-order valence-electron chi connectivity index (χ3n) is 2.66. The number of hydrogen-bond donors (Lipinski definition) is 1. The zero-order valence-corrected chi connectivity index (χ0v) is 14.7. The lowest BCUT2D eigenvalue weighted by atomic mass is 10.2. The molecule has 0 spiro atoms.